The highest BCUT2D eigenvalue weighted by Gasteiger charge is 2.42. The van der Waals surface area contributed by atoms with Gasteiger partial charge in [-0.15, -0.1) is 0 Å². The third-order valence-electron chi connectivity index (χ3n) is 2.71. The van der Waals surface area contributed by atoms with Crippen molar-refractivity contribution >= 4 is 0 Å². The fourth-order valence-electron chi connectivity index (χ4n) is 1.50. The van der Waals surface area contributed by atoms with E-state index < -0.39 is 12.1 Å². The van der Waals surface area contributed by atoms with Gasteiger partial charge in [-0.2, -0.15) is 13.2 Å². The van der Waals surface area contributed by atoms with Gasteiger partial charge in [-0.25, -0.2) is 0 Å². The molecule has 0 aliphatic rings. The Morgan fingerprint density at radius 2 is 1.54 bits per heavy atom. The minimum atomic E-state index is -4.03. The first-order valence-corrected chi connectivity index (χ1v) is 4.87. The van der Waals surface area contributed by atoms with E-state index in [0.29, 0.717) is 6.42 Å². The van der Waals surface area contributed by atoms with E-state index in [-0.39, 0.29) is 18.3 Å². The van der Waals surface area contributed by atoms with Crippen LogP contribution in [0.3, 0.4) is 0 Å². The zero-order valence-electron chi connectivity index (χ0n) is 8.78. The lowest BCUT2D eigenvalue weighted by molar-refractivity contribution is -0.193. The predicted octanol–water partition coefficient (Wildman–Crippen LogP) is 4.26. The monoisotopic (exact) mass is 196 g/mol. The molecule has 2 atom stereocenters. The summed E-state index contributed by atoms with van der Waals surface area (Å²) in [6.07, 6.45) is -3.18. The maximum absolute atomic E-state index is 12.5. The van der Waals surface area contributed by atoms with Gasteiger partial charge in [0.1, 0.15) is 0 Å². The Labute approximate surface area is 78.5 Å². The Kier molecular flexibility index (Phi) is 4.79. The van der Waals surface area contributed by atoms with Gasteiger partial charge in [0.25, 0.3) is 0 Å². The second kappa shape index (κ2) is 4.87. The summed E-state index contributed by atoms with van der Waals surface area (Å²) in [4.78, 5) is 0. The smallest absolute Gasteiger partial charge is 0.171 e. The van der Waals surface area contributed by atoms with Crippen LogP contribution in [-0.2, 0) is 0 Å². The number of rotatable bonds is 4. The summed E-state index contributed by atoms with van der Waals surface area (Å²) >= 11 is 0. The molecule has 0 saturated carbocycles. The highest BCUT2D eigenvalue weighted by molar-refractivity contribution is 4.75. The van der Waals surface area contributed by atoms with Gasteiger partial charge < -0.3 is 0 Å². The number of hydrogen-bond acceptors (Lipinski definition) is 0. The molecule has 0 saturated heterocycles. The molecule has 0 amide bonds. The zero-order chi connectivity index (χ0) is 10.6. The van der Waals surface area contributed by atoms with E-state index in [2.05, 4.69) is 0 Å². The quantitative estimate of drug-likeness (QED) is 0.630. The van der Waals surface area contributed by atoms with Crippen molar-refractivity contribution in [3.8, 4) is 0 Å². The first kappa shape index (κ1) is 12.8. The molecular weight excluding hydrogens is 177 g/mol. The average molecular weight is 196 g/mol. The van der Waals surface area contributed by atoms with Crippen LogP contribution in [-0.4, -0.2) is 6.18 Å². The van der Waals surface area contributed by atoms with E-state index in [9.17, 15) is 13.2 Å². The lowest BCUT2D eigenvalue weighted by atomic mass is 9.82. The Morgan fingerprint density at radius 1 is 1.08 bits per heavy atom. The summed E-state index contributed by atoms with van der Waals surface area (Å²) in [6, 6.07) is 0. The van der Waals surface area contributed by atoms with Crippen molar-refractivity contribution in [3.05, 3.63) is 0 Å². The second-order valence-electron chi connectivity index (χ2n) is 4.04. The van der Waals surface area contributed by atoms with Gasteiger partial charge >= 0.3 is 6.18 Å². The SMILES string of the molecule is CCCC(C(C)C(C)C)C(F)(F)F. The normalized spacial score (nSPS) is 17.5. The van der Waals surface area contributed by atoms with Gasteiger partial charge in [-0.3, -0.25) is 0 Å². The van der Waals surface area contributed by atoms with Crippen LogP contribution in [0.4, 0.5) is 13.2 Å². The van der Waals surface area contributed by atoms with Crippen LogP contribution < -0.4 is 0 Å². The average Bonchev–Trinajstić information content (AvgIpc) is 1.96. The Bertz CT molecular complexity index is 138. The molecule has 0 N–H and O–H groups in total. The summed E-state index contributed by atoms with van der Waals surface area (Å²) in [6.45, 7) is 7.18. The van der Waals surface area contributed by atoms with E-state index in [0.717, 1.165) is 0 Å². The molecule has 0 aromatic rings. The van der Waals surface area contributed by atoms with Crippen molar-refractivity contribution in [2.75, 3.05) is 0 Å². The maximum Gasteiger partial charge on any atom is 0.392 e. The Hall–Kier alpha value is -0.210. The van der Waals surface area contributed by atoms with Crippen LogP contribution in [0.5, 0.6) is 0 Å². The zero-order valence-corrected chi connectivity index (χ0v) is 8.78. The molecule has 0 nitrogen and oxygen atoms in total. The fraction of sp³-hybridized carbons (Fsp3) is 1.00. The standard InChI is InChI=1S/C10H19F3/c1-5-6-9(10(11,12)13)8(4)7(2)3/h7-9H,5-6H2,1-4H3. The van der Waals surface area contributed by atoms with Crippen LogP contribution in [0, 0.1) is 17.8 Å². The molecule has 2 unspecified atom stereocenters. The van der Waals surface area contributed by atoms with Crippen molar-refractivity contribution in [2.45, 2.75) is 46.7 Å². The van der Waals surface area contributed by atoms with E-state index in [1.54, 1.807) is 13.8 Å². The van der Waals surface area contributed by atoms with Gasteiger partial charge in [0, 0.05) is 0 Å². The van der Waals surface area contributed by atoms with Gasteiger partial charge in [-0.05, 0) is 18.3 Å². The highest BCUT2D eigenvalue weighted by Crippen LogP contribution is 2.38. The highest BCUT2D eigenvalue weighted by atomic mass is 19.4. The van der Waals surface area contributed by atoms with Crippen molar-refractivity contribution in [2.24, 2.45) is 17.8 Å². The summed E-state index contributed by atoms with van der Waals surface area (Å²) in [5.41, 5.74) is 0. The summed E-state index contributed by atoms with van der Waals surface area (Å²) < 4.78 is 37.6. The van der Waals surface area contributed by atoms with E-state index in [1.807, 2.05) is 13.8 Å². The summed E-state index contributed by atoms with van der Waals surface area (Å²) in [7, 11) is 0. The first-order chi connectivity index (χ1) is 5.80. The molecule has 0 heterocycles. The molecule has 0 aliphatic heterocycles. The van der Waals surface area contributed by atoms with Crippen molar-refractivity contribution < 1.29 is 13.2 Å². The van der Waals surface area contributed by atoms with Crippen molar-refractivity contribution in [3.63, 3.8) is 0 Å². The van der Waals surface area contributed by atoms with Gasteiger partial charge in [-0.1, -0.05) is 34.1 Å². The predicted molar refractivity (Wildman–Crippen MR) is 48.5 cm³/mol. The number of alkyl halides is 3. The molecule has 0 aliphatic carbocycles. The molecule has 0 aromatic heterocycles. The topological polar surface area (TPSA) is 0 Å². The van der Waals surface area contributed by atoms with Crippen molar-refractivity contribution in [1.82, 2.24) is 0 Å². The number of hydrogen-bond donors (Lipinski definition) is 0. The summed E-state index contributed by atoms with van der Waals surface area (Å²) in [5.74, 6) is -1.31. The van der Waals surface area contributed by atoms with Crippen LogP contribution in [0.2, 0.25) is 0 Å². The van der Waals surface area contributed by atoms with Crippen LogP contribution in [0.25, 0.3) is 0 Å². The van der Waals surface area contributed by atoms with E-state index in [1.165, 1.54) is 0 Å². The molecule has 0 radical (unpaired) electrons. The van der Waals surface area contributed by atoms with Gasteiger partial charge in [0.15, 0.2) is 0 Å². The van der Waals surface area contributed by atoms with Gasteiger partial charge in [0.05, 0.1) is 5.92 Å². The molecule has 80 valence electrons. The lowest BCUT2D eigenvalue weighted by Gasteiger charge is -2.28. The first-order valence-electron chi connectivity index (χ1n) is 4.87. The third kappa shape index (κ3) is 4.01. The molecule has 0 fully saturated rings. The molecule has 0 bridgehead atoms. The summed E-state index contributed by atoms with van der Waals surface area (Å²) in [5, 5.41) is 0. The maximum atomic E-state index is 12.5. The third-order valence-corrected chi connectivity index (χ3v) is 2.71. The van der Waals surface area contributed by atoms with E-state index in [4.69, 9.17) is 0 Å². The Balaban J connectivity index is 4.41. The number of halogens is 3. The van der Waals surface area contributed by atoms with Crippen molar-refractivity contribution in [1.29, 1.82) is 0 Å². The fourth-order valence-corrected chi connectivity index (χ4v) is 1.50. The largest absolute Gasteiger partial charge is 0.392 e. The van der Waals surface area contributed by atoms with E-state index >= 15 is 0 Å². The van der Waals surface area contributed by atoms with Crippen LogP contribution in [0.15, 0.2) is 0 Å². The van der Waals surface area contributed by atoms with Gasteiger partial charge in [0.2, 0.25) is 0 Å². The van der Waals surface area contributed by atoms with Crippen LogP contribution >= 0.6 is 0 Å². The molecular formula is C10H19F3. The minimum absolute atomic E-state index is 0.0955. The molecule has 0 spiro atoms. The minimum Gasteiger partial charge on any atom is -0.171 e. The molecule has 0 rings (SSSR count). The lowest BCUT2D eigenvalue weighted by Crippen LogP contribution is -2.31. The van der Waals surface area contributed by atoms with Crippen LogP contribution in [0.1, 0.15) is 40.5 Å². The molecule has 0 aromatic carbocycles. The molecule has 3 heteroatoms. The Morgan fingerprint density at radius 3 is 1.77 bits per heavy atom. The molecule has 13 heavy (non-hydrogen) atoms. The second-order valence-corrected chi connectivity index (χ2v) is 4.04.